The van der Waals surface area contributed by atoms with Crippen LogP contribution < -0.4 is 9.64 Å². The molecular weight excluding hydrogens is 314 g/mol. The van der Waals surface area contributed by atoms with E-state index in [9.17, 15) is 9.59 Å². The molecule has 0 bridgehead atoms. The van der Waals surface area contributed by atoms with Crippen LogP contribution in [0.2, 0.25) is 0 Å². The Bertz CT molecular complexity index is 777. The Labute approximate surface area is 148 Å². The van der Waals surface area contributed by atoms with Gasteiger partial charge in [0.05, 0.1) is 5.69 Å². The molecule has 4 heteroatoms. The molecule has 25 heavy (non-hydrogen) atoms. The summed E-state index contributed by atoms with van der Waals surface area (Å²) >= 11 is 0. The van der Waals surface area contributed by atoms with Crippen LogP contribution in [0.15, 0.2) is 48.5 Å². The first kappa shape index (κ1) is 17.2. The van der Waals surface area contributed by atoms with Gasteiger partial charge in [-0.15, -0.1) is 0 Å². The van der Waals surface area contributed by atoms with Crippen molar-refractivity contribution in [2.75, 3.05) is 11.4 Å². The Hall–Kier alpha value is -2.62. The van der Waals surface area contributed by atoms with Gasteiger partial charge < -0.3 is 14.4 Å². The first-order valence-corrected chi connectivity index (χ1v) is 8.53. The number of anilines is 1. The zero-order valence-corrected chi connectivity index (χ0v) is 14.9. The molecule has 0 aliphatic carbocycles. The van der Waals surface area contributed by atoms with E-state index < -0.39 is 6.10 Å². The fourth-order valence-electron chi connectivity index (χ4n) is 3.13. The molecule has 2 aromatic rings. The van der Waals surface area contributed by atoms with Gasteiger partial charge in [0, 0.05) is 24.1 Å². The van der Waals surface area contributed by atoms with Crippen molar-refractivity contribution in [3.8, 4) is 5.75 Å². The summed E-state index contributed by atoms with van der Waals surface area (Å²) < 4.78 is 6.22. The number of fused-ring (bicyclic) bond motifs is 1. The highest BCUT2D eigenvalue weighted by atomic mass is 16.5. The van der Waals surface area contributed by atoms with Crippen molar-refractivity contribution in [1.29, 1.82) is 0 Å². The van der Waals surface area contributed by atoms with Crippen molar-refractivity contribution >= 4 is 17.9 Å². The Morgan fingerprint density at radius 3 is 2.44 bits per heavy atom. The van der Waals surface area contributed by atoms with E-state index in [1.807, 2.05) is 48.5 Å². The topological polar surface area (TPSA) is 46.6 Å². The van der Waals surface area contributed by atoms with Crippen LogP contribution in [0.3, 0.4) is 0 Å². The number of para-hydroxylation sites is 1. The fraction of sp³-hybridized carbons (Fsp3) is 0.333. The lowest BCUT2D eigenvalue weighted by Crippen LogP contribution is -2.42. The van der Waals surface area contributed by atoms with E-state index in [1.165, 1.54) is 0 Å². The third-order valence-electron chi connectivity index (χ3n) is 4.39. The number of ether oxygens (including phenoxy) is 1. The molecule has 1 aliphatic heterocycles. The molecule has 3 rings (SSSR count). The Morgan fingerprint density at radius 1 is 1.08 bits per heavy atom. The van der Waals surface area contributed by atoms with Crippen molar-refractivity contribution in [1.82, 2.24) is 0 Å². The smallest absolute Gasteiger partial charge is 0.272 e. The highest BCUT2D eigenvalue weighted by molar-refractivity contribution is 6.01. The van der Waals surface area contributed by atoms with Crippen LogP contribution in [-0.4, -0.2) is 18.7 Å². The summed E-state index contributed by atoms with van der Waals surface area (Å²) in [5.74, 6) is 0.598. The van der Waals surface area contributed by atoms with Crippen LogP contribution >= 0.6 is 0 Å². The van der Waals surface area contributed by atoms with E-state index in [2.05, 4.69) is 20.8 Å². The van der Waals surface area contributed by atoms with Crippen molar-refractivity contribution in [2.24, 2.45) is 0 Å². The number of carbonyl (C=O) groups excluding carboxylic acids is 2. The normalized spacial score (nSPS) is 17.0. The third-order valence-corrected chi connectivity index (χ3v) is 4.39. The molecule has 0 saturated heterocycles. The summed E-state index contributed by atoms with van der Waals surface area (Å²) in [6.45, 7) is 6.72. The minimum absolute atomic E-state index is 0.122. The summed E-state index contributed by atoms with van der Waals surface area (Å²) in [5, 5.41) is 0. The molecule has 1 atom stereocenters. The van der Waals surface area contributed by atoms with E-state index in [-0.39, 0.29) is 11.3 Å². The standard InChI is InChI=1S/C21H23NO3/c1-21(2,3)16-11-7-12-17-19(16)25-18(15-9-5-4-6-10-15)20(24)22(17)13-8-14-23/h4-7,9-12,14,18H,8,13H2,1-3H3. The van der Waals surface area contributed by atoms with Crippen molar-refractivity contribution in [3.05, 3.63) is 59.7 Å². The molecule has 1 heterocycles. The van der Waals surface area contributed by atoms with Gasteiger partial charge in [0.15, 0.2) is 0 Å². The molecule has 0 radical (unpaired) electrons. The van der Waals surface area contributed by atoms with E-state index >= 15 is 0 Å². The summed E-state index contributed by atoms with van der Waals surface area (Å²) in [6, 6.07) is 15.3. The minimum Gasteiger partial charge on any atom is -0.473 e. The summed E-state index contributed by atoms with van der Waals surface area (Å²) in [6.07, 6.45) is 0.448. The molecule has 0 aromatic heterocycles. The summed E-state index contributed by atoms with van der Waals surface area (Å²) in [4.78, 5) is 25.6. The van der Waals surface area contributed by atoms with E-state index in [4.69, 9.17) is 4.74 Å². The van der Waals surface area contributed by atoms with Gasteiger partial charge in [-0.05, 0) is 11.5 Å². The molecular formula is C21H23NO3. The Morgan fingerprint density at radius 2 is 1.80 bits per heavy atom. The lowest BCUT2D eigenvalue weighted by atomic mass is 9.85. The van der Waals surface area contributed by atoms with Gasteiger partial charge >= 0.3 is 0 Å². The number of aldehydes is 1. The highest BCUT2D eigenvalue weighted by Gasteiger charge is 2.37. The number of hydrogen-bond donors (Lipinski definition) is 0. The van der Waals surface area contributed by atoms with Gasteiger partial charge in [-0.1, -0.05) is 63.2 Å². The zero-order valence-electron chi connectivity index (χ0n) is 14.9. The third kappa shape index (κ3) is 3.29. The van der Waals surface area contributed by atoms with E-state index in [0.717, 1.165) is 28.8 Å². The molecule has 1 amide bonds. The largest absolute Gasteiger partial charge is 0.473 e. The molecule has 130 valence electrons. The van der Waals surface area contributed by atoms with Crippen LogP contribution in [0.25, 0.3) is 0 Å². The predicted octanol–water partition coefficient (Wildman–Crippen LogP) is 4.04. The number of amides is 1. The van der Waals surface area contributed by atoms with Crippen molar-refractivity contribution in [3.63, 3.8) is 0 Å². The van der Waals surface area contributed by atoms with E-state index in [0.29, 0.717) is 13.0 Å². The summed E-state index contributed by atoms with van der Waals surface area (Å²) in [5.41, 5.74) is 2.49. The average molecular weight is 337 g/mol. The van der Waals surface area contributed by atoms with Crippen molar-refractivity contribution < 1.29 is 14.3 Å². The van der Waals surface area contributed by atoms with Crippen molar-refractivity contribution in [2.45, 2.75) is 38.7 Å². The van der Waals surface area contributed by atoms with Gasteiger partial charge in [-0.3, -0.25) is 4.79 Å². The average Bonchev–Trinajstić information content (AvgIpc) is 2.60. The lowest BCUT2D eigenvalue weighted by Gasteiger charge is -2.37. The van der Waals surface area contributed by atoms with Gasteiger partial charge in [0.1, 0.15) is 12.0 Å². The zero-order chi connectivity index (χ0) is 18.0. The summed E-state index contributed by atoms with van der Waals surface area (Å²) in [7, 11) is 0. The van der Waals surface area contributed by atoms with Crippen LogP contribution in [0, 0.1) is 0 Å². The molecule has 2 aromatic carbocycles. The molecule has 4 nitrogen and oxygen atoms in total. The lowest BCUT2D eigenvalue weighted by molar-refractivity contribution is -0.126. The van der Waals surface area contributed by atoms with Crippen LogP contribution in [-0.2, 0) is 15.0 Å². The first-order valence-electron chi connectivity index (χ1n) is 8.53. The van der Waals surface area contributed by atoms with Crippen LogP contribution in [0.1, 0.15) is 44.4 Å². The van der Waals surface area contributed by atoms with Gasteiger partial charge in [-0.25, -0.2) is 0 Å². The maximum Gasteiger partial charge on any atom is 0.272 e. The Kier molecular flexibility index (Phi) is 4.62. The minimum atomic E-state index is -0.691. The number of rotatable bonds is 4. The number of hydrogen-bond acceptors (Lipinski definition) is 3. The highest BCUT2D eigenvalue weighted by Crippen LogP contribution is 2.45. The number of nitrogens with zero attached hydrogens (tertiary/aromatic N) is 1. The first-order chi connectivity index (χ1) is 11.9. The number of carbonyl (C=O) groups is 2. The van der Waals surface area contributed by atoms with Gasteiger partial charge in [0.25, 0.3) is 5.91 Å². The second-order valence-corrected chi connectivity index (χ2v) is 7.26. The quantitative estimate of drug-likeness (QED) is 0.791. The second kappa shape index (κ2) is 6.71. The maximum absolute atomic E-state index is 13.0. The molecule has 1 aliphatic rings. The van der Waals surface area contributed by atoms with Crippen LogP contribution in [0.5, 0.6) is 5.75 Å². The maximum atomic E-state index is 13.0. The second-order valence-electron chi connectivity index (χ2n) is 7.26. The van der Waals surface area contributed by atoms with E-state index in [1.54, 1.807) is 4.90 Å². The van der Waals surface area contributed by atoms with Gasteiger partial charge in [0.2, 0.25) is 6.10 Å². The SMILES string of the molecule is CC(C)(C)c1cccc2c1OC(c1ccccc1)C(=O)N2CCC=O. The van der Waals surface area contributed by atoms with Crippen LogP contribution in [0.4, 0.5) is 5.69 Å². The molecule has 0 saturated carbocycles. The fourth-order valence-corrected chi connectivity index (χ4v) is 3.13. The molecule has 0 spiro atoms. The molecule has 0 N–H and O–H groups in total. The molecule has 0 fully saturated rings. The Balaban J connectivity index is 2.12. The predicted molar refractivity (Wildman–Crippen MR) is 98.0 cm³/mol. The molecule has 1 unspecified atom stereocenters. The van der Waals surface area contributed by atoms with Gasteiger partial charge in [-0.2, -0.15) is 0 Å². The monoisotopic (exact) mass is 337 g/mol. The number of benzene rings is 2.